The third kappa shape index (κ3) is 5.96. The molecule has 188 valence electrons. The molecule has 0 aromatic heterocycles. The van der Waals surface area contributed by atoms with Crippen LogP contribution >= 0.6 is 24.4 Å². The van der Waals surface area contributed by atoms with Gasteiger partial charge in [-0.25, -0.2) is 0 Å². The minimum atomic E-state index is 0.266. The average molecular weight is 511 g/mol. The molecule has 2 aliphatic carbocycles. The topological polar surface area (TPSA) is 48.6 Å². The maximum absolute atomic E-state index is 6.53. The third-order valence-electron chi connectivity index (χ3n) is 8.41. The summed E-state index contributed by atoms with van der Waals surface area (Å²) in [5.74, 6) is 0.775. The average Bonchev–Trinajstić information content (AvgIpc) is 3.18. The van der Waals surface area contributed by atoms with Gasteiger partial charge >= 0.3 is 0 Å². The lowest BCUT2D eigenvalue weighted by Gasteiger charge is -2.39. The molecule has 3 N–H and O–H groups in total. The van der Waals surface area contributed by atoms with Crippen LogP contribution in [0.25, 0.3) is 0 Å². The Morgan fingerprint density at radius 2 is 1.57 bits per heavy atom. The summed E-state index contributed by atoms with van der Waals surface area (Å²) >= 11 is 11.3. The van der Waals surface area contributed by atoms with Gasteiger partial charge in [0.25, 0.3) is 0 Å². The van der Waals surface area contributed by atoms with Gasteiger partial charge in [0, 0.05) is 31.0 Å². The van der Waals surface area contributed by atoms with Gasteiger partial charge in [-0.05, 0) is 84.7 Å². The number of nitrogens with zero attached hydrogens (tertiary/aromatic N) is 1. The number of fused-ring (bicyclic) bond motifs is 2. The zero-order valence-electron chi connectivity index (χ0n) is 21.0. The van der Waals surface area contributed by atoms with Crippen molar-refractivity contribution in [2.45, 2.75) is 46.1 Å². The molecule has 0 unspecified atom stereocenters. The van der Waals surface area contributed by atoms with Gasteiger partial charge in [0.05, 0.1) is 12.7 Å². The van der Waals surface area contributed by atoms with Crippen LogP contribution in [0, 0.1) is 16.7 Å². The van der Waals surface area contributed by atoms with E-state index in [1.807, 2.05) is 60.7 Å². The molecule has 35 heavy (non-hydrogen) atoms. The van der Waals surface area contributed by atoms with Gasteiger partial charge in [-0.1, -0.05) is 57.2 Å². The zero-order chi connectivity index (χ0) is 24.9. The van der Waals surface area contributed by atoms with Crippen molar-refractivity contribution < 1.29 is 4.74 Å². The van der Waals surface area contributed by atoms with Crippen molar-refractivity contribution in [2.24, 2.45) is 16.7 Å². The first kappa shape index (κ1) is 25.9. The first-order valence-electron chi connectivity index (χ1n) is 12.6. The summed E-state index contributed by atoms with van der Waals surface area (Å²) in [6.07, 6.45) is 4.11. The van der Waals surface area contributed by atoms with Crippen LogP contribution in [0.1, 0.15) is 40.0 Å². The zero-order valence-corrected chi connectivity index (χ0v) is 22.7. The van der Waals surface area contributed by atoms with Crippen molar-refractivity contribution in [3.8, 4) is 0 Å². The molecule has 2 fully saturated rings. The second-order valence-corrected chi connectivity index (χ2v) is 11.3. The van der Waals surface area contributed by atoms with Crippen LogP contribution in [0.4, 0.5) is 11.4 Å². The Morgan fingerprint density at radius 1 is 0.943 bits per heavy atom. The number of hydrogen-bond acceptors (Lipinski definition) is 3. The van der Waals surface area contributed by atoms with Crippen LogP contribution in [0.5, 0.6) is 0 Å². The molecule has 3 atom stereocenters. The Balaban J connectivity index is 1.30. The summed E-state index contributed by atoms with van der Waals surface area (Å²) in [6, 6.07) is 20.0. The van der Waals surface area contributed by atoms with Crippen LogP contribution in [0.3, 0.4) is 0 Å². The fourth-order valence-electron chi connectivity index (χ4n) is 5.73. The highest BCUT2D eigenvalue weighted by molar-refractivity contribution is 7.80. The normalized spacial score (nSPS) is 24.1. The Hall–Kier alpha value is -2.22. The summed E-state index contributed by atoms with van der Waals surface area (Å²) in [5, 5.41) is 11.2. The molecule has 2 saturated carbocycles. The number of rotatable bonds is 9. The van der Waals surface area contributed by atoms with Crippen LogP contribution in [0.2, 0.25) is 0 Å². The summed E-state index contributed by atoms with van der Waals surface area (Å²) in [7, 11) is 0. The van der Waals surface area contributed by atoms with E-state index in [4.69, 9.17) is 29.2 Å². The van der Waals surface area contributed by atoms with E-state index in [1.165, 1.54) is 19.3 Å². The minimum absolute atomic E-state index is 0.266. The van der Waals surface area contributed by atoms with E-state index in [-0.39, 0.29) is 5.41 Å². The number of benzene rings is 2. The van der Waals surface area contributed by atoms with Crippen molar-refractivity contribution in [3.05, 3.63) is 60.7 Å². The number of nitrogens with one attached hydrogen (secondary N) is 3. The lowest BCUT2D eigenvalue weighted by Crippen LogP contribution is -2.44. The number of para-hydroxylation sites is 2. The van der Waals surface area contributed by atoms with Gasteiger partial charge in [0.2, 0.25) is 0 Å². The van der Waals surface area contributed by atoms with E-state index in [9.17, 15) is 0 Å². The third-order valence-corrected chi connectivity index (χ3v) is 9.01. The van der Waals surface area contributed by atoms with Gasteiger partial charge < -0.3 is 25.6 Å². The van der Waals surface area contributed by atoms with Gasteiger partial charge in [-0.15, -0.1) is 0 Å². The summed E-state index contributed by atoms with van der Waals surface area (Å²) < 4.78 is 6.53. The van der Waals surface area contributed by atoms with Gasteiger partial charge in [0.15, 0.2) is 10.2 Å². The molecular formula is C28H38N4OS2. The van der Waals surface area contributed by atoms with E-state index >= 15 is 0 Å². The molecule has 4 rings (SSSR count). The van der Waals surface area contributed by atoms with E-state index in [0.717, 1.165) is 23.8 Å². The molecule has 5 nitrogen and oxygen atoms in total. The molecule has 0 aliphatic heterocycles. The maximum Gasteiger partial charge on any atom is 0.173 e. The molecule has 0 heterocycles. The molecule has 2 aliphatic rings. The first-order chi connectivity index (χ1) is 16.8. The molecular weight excluding hydrogens is 472 g/mol. The van der Waals surface area contributed by atoms with Crippen molar-refractivity contribution in [3.63, 3.8) is 0 Å². The molecule has 2 bridgehead atoms. The summed E-state index contributed by atoms with van der Waals surface area (Å²) in [6.45, 7) is 10.1. The molecule has 7 heteroatoms. The highest BCUT2D eigenvalue weighted by Gasteiger charge is 2.61. The largest absolute Gasteiger partial charge is 0.376 e. The van der Waals surface area contributed by atoms with E-state index in [0.29, 0.717) is 41.4 Å². The lowest BCUT2D eigenvalue weighted by molar-refractivity contribution is -0.0486. The van der Waals surface area contributed by atoms with Crippen molar-refractivity contribution in [1.82, 2.24) is 10.2 Å². The standard InChI is InChI=1S/C28H38N4OS2/c1-27(2)21-14-15-28(27,3)24(20-21)33-19-18-32(26(35)31-23-12-8-5-9-13-23)17-16-29-25(34)30-22-10-6-4-7-11-22/h4-13,21,24H,14-20H2,1-3H3,(H,31,35)(H2,29,30,34)/t21-,24-,28-/m0/s1. The predicted molar refractivity (Wildman–Crippen MR) is 154 cm³/mol. The SMILES string of the molecule is CC1(C)[C@H]2CC[C@@]1(C)[C@@H](OCCN(CCNC(=S)Nc1ccccc1)C(=S)Nc1ccccc1)C2. The van der Waals surface area contributed by atoms with Gasteiger partial charge in [-0.3, -0.25) is 0 Å². The fourth-order valence-corrected chi connectivity index (χ4v) is 6.25. The number of anilines is 2. The number of ether oxygens (including phenoxy) is 1. The van der Waals surface area contributed by atoms with Crippen molar-refractivity contribution in [1.29, 1.82) is 0 Å². The molecule has 0 amide bonds. The lowest BCUT2D eigenvalue weighted by atomic mass is 9.70. The van der Waals surface area contributed by atoms with Crippen molar-refractivity contribution >= 4 is 46.0 Å². The Bertz CT molecular complexity index is 1000. The van der Waals surface area contributed by atoms with Gasteiger partial charge in [-0.2, -0.15) is 0 Å². The number of hydrogen-bond donors (Lipinski definition) is 3. The first-order valence-corrected chi connectivity index (χ1v) is 13.4. The second-order valence-electron chi connectivity index (χ2n) is 10.5. The Labute approximate surface area is 221 Å². The van der Waals surface area contributed by atoms with Crippen LogP contribution in [-0.4, -0.2) is 47.5 Å². The minimum Gasteiger partial charge on any atom is -0.376 e. The Kier molecular flexibility index (Phi) is 8.30. The van der Waals surface area contributed by atoms with Crippen molar-refractivity contribution in [2.75, 3.05) is 36.9 Å². The predicted octanol–water partition coefficient (Wildman–Crippen LogP) is 5.90. The maximum atomic E-state index is 6.53. The highest BCUT2D eigenvalue weighted by Crippen LogP contribution is 2.66. The highest BCUT2D eigenvalue weighted by atomic mass is 32.1. The summed E-state index contributed by atoms with van der Waals surface area (Å²) in [4.78, 5) is 2.17. The van der Waals surface area contributed by atoms with Crippen LogP contribution < -0.4 is 16.0 Å². The smallest absolute Gasteiger partial charge is 0.173 e. The Morgan fingerprint density at radius 3 is 2.14 bits per heavy atom. The van der Waals surface area contributed by atoms with Gasteiger partial charge in [0.1, 0.15) is 0 Å². The van der Waals surface area contributed by atoms with Crippen LogP contribution in [-0.2, 0) is 4.74 Å². The fraction of sp³-hybridized carbons (Fsp3) is 0.500. The quantitative estimate of drug-likeness (QED) is 0.363. The van der Waals surface area contributed by atoms with E-state index in [2.05, 4.69) is 41.6 Å². The second kappa shape index (κ2) is 11.2. The molecule has 0 spiro atoms. The molecule has 0 radical (unpaired) electrons. The monoisotopic (exact) mass is 510 g/mol. The van der Waals surface area contributed by atoms with E-state index < -0.39 is 0 Å². The molecule has 0 saturated heterocycles. The summed E-state index contributed by atoms with van der Waals surface area (Å²) in [5.41, 5.74) is 2.58. The molecule has 2 aromatic rings. The van der Waals surface area contributed by atoms with Crippen LogP contribution in [0.15, 0.2) is 60.7 Å². The van der Waals surface area contributed by atoms with E-state index in [1.54, 1.807) is 0 Å². The molecule has 2 aromatic carbocycles. The number of thiocarbonyl (C=S) groups is 2.